The summed E-state index contributed by atoms with van der Waals surface area (Å²) in [6.45, 7) is 3.63. The average Bonchev–Trinajstić information content (AvgIpc) is 2.37. The molecule has 0 aliphatic carbocycles. The maximum Gasteiger partial charge on any atom is 0.321 e. The quantitative estimate of drug-likeness (QED) is 0.793. The molecule has 7 heteroatoms. The van der Waals surface area contributed by atoms with E-state index >= 15 is 0 Å². The fourth-order valence-corrected chi connectivity index (χ4v) is 3.26. The molecule has 0 saturated heterocycles. The standard InChI is InChI=1S/C14H18N2O4S/c1-10(2)7-13(14(17)18)16-21(19,20)9-12-6-4-3-5-11(12)8-15/h3-6,10,13,16H,7,9H2,1-2H3,(H,17,18)/t13-/m1/s1. The van der Waals surface area contributed by atoms with Crippen LogP contribution in [0.2, 0.25) is 0 Å². The van der Waals surface area contributed by atoms with Gasteiger partial charge in [0, 0.05) is 0 Å². The number of benzene rings is 1. The molecule has 0 aromatic heterocycles. The van der Waals surface area contributed by atoms with Gasteiger partial charge in [-0.15, -0.1) is 0 Å². The van der Waals surface area contributed by atoms with E-state index in [4.69, 9.17) is 10.4 Å². The predicted octanol–water partition coefficient (Wildman–Crippen LogP) is 1.48. The molecule has 0 heterocycles. The summed E-state index contributed by atoms with van der Waals surface area (Å²) < 4.78 is 26.3. The van der Waals surface area contributed by atoms with E-state index in [0.29, 0.717) is 5.56 Å². The van der Waals surface area contributed by atoms with Gasteiger partial charge in [0.25, 0.3) is 0 Å². The summed E-state index contributed by atoms with van der Waals surface area (Å²) in [5.41, 5.74) is 0.611. The largest absolute Gasteiger partial charge is 0.480 e. The normalized spacial score (nSPS) is 12.9. The molecule has 1 rings (SSSR count). The topological polar surface area (TPSA) is 107 Å². The number of carboxylic acid groups (broad SMARTS) is 1. The molecule has 0 unspecified atom stereocenters. The van der Waals surface area contributed by atoms with Crippen LogP contribution in [-0.2, 0) is 20.6 Å². The predicted molar refractivity (Wildman–Crippen MR) is 77.8 cm³/mol. The zero-order valence-electron chi connectivity index (χ0n) is 11.9. The molecule has 0 aliphatic heterocycles. The van der Waals surface area contributed by atoms with Gasteiger partial charge in [0.15, 0.2) is 0 Å². The fraction of sp³-hybridized carbons (Fsp3) is 0.429. The van der Waals surface area contributed by atoms with E-state index in [9.17, 15) is 13.2 Å². The molecule has 114 valence electrons. The van der Waals surface area contributed by atoms with Gasteiger partial charge in [-0.3, -0.25) is 4.79 Å². The van der Waals surface area contributed by atoms with Crippen LogP contribution < -0.4 is 4.72 Å². The van der Waals surface area contributed by atoms with Crippen LogP contribution in [0.5, 0.6) is 0 Å². The second-order valence-corrected chi connectivity index (χ2v) is 6.92. The van der Waals surface area contributed by atoms with E-state index in [2.05, 4.69) is 4.72 Å². The second kappa shape index (κ2) is 7.20. The molecule has 1 aromatic rings. The highest BCUT2D eigenvalue weighted by Crippen LogP contribution is 2.13. The van der Waals surface area contributed by atoms with Gasteiger partial charge in [-0.1, -0.05) is 32.0 Å². The smallest absolute Gasteiger partial charge is 0.321 e. The van der Waals surface area contributed by atoms with Crippen molar-refractivity contribution in [2.75, 3.05) is 0 Å². The summed E-state index contributed by atoms with van der Waals surface area (Å²) in [7, 11) is -3.84. The monoisotopic (exact) mass is 310 g/mol. The van der Waals surface area contributed by atoms with E-state index in [-0.39, 0.29) is 17.9 Å². The highest BCUT2D eigenvalue weighted by atomic mass is 32.2. The van der Waals surface area contributed by atoms with Gasteiger partial charge in [0.1, 0.15) is 6.04 Å². The molecule has 1 atom stereocenters. The molecule has 0 spiro atoms. The first-order valence-corrected chi connectivity index (χ1v) is 8.11. The first-order valence-electron chi connectivity index (χ1n) is 6.46. The number of nitriles is 1. The molecule has 21 heavy (non-hydrogen) atoms. The lowest BCUT2D eigenvalue weighted by molar-refractivity contribution is -0.139. The number of sulfonamides is 1. The number of hydrogen-bond donors (Lipinski definition) is 2. The van der Waals surface area contributed by atoms with Gasteiger partial charge >= 0.3 is 5.97 Å². The Morgan fingerprint density at radius 2 is 2.00 bits per heavy atom. The summed E-state index contributed by atoms with van der Waals surface area (Å²) in [5, 5.41) is 18.0. The number of nitrogens with one attached hydrogen (secondary N) is 1. The Balaban J connectivity index is 2.91. The van der Waals surface area contributed by atoms with Crippen molar-refractivity contribution in [2.24, 2.45) is 5.92 Å². The van der Waals surface area contributed by atoms with Crippen LogP contribution in [-0.4, -0.2) is 25.5 Å². The molecular weight excluding hydrogens is 292 g/mol. The number of nitrogens with zero attached hydrogens (tertiary/aromatic N) is 1. The van der Waals surface area contributed by atoms with Crippen LogP contribution in [0.3, 0.4) is 0 Å². The molecule has 0 radical (unpaired) electrons. The lowest BCUT2D eigenvalue weighted by Gasteiger charge is -2.16. The Morgan fingerprint density at radius 1 is 1.38 bits per heavy atom. The van der Waals surface area contributed by atoms with E-state index in [1.807, 2.05) is 19.9 Å². The molecule has 0 aliphatic rings. The zero-order chi connectivity index (χ0) is 16.0. The SMILES string of the molecule is CC(C)C[C@@H](NS(=O)(=O)Cc1ccccc1C#N)C(=O)O. The zero-order valence-corrected chi connectivity index (χ0v) is 12.7. The number of aliphatic carboxylic acids is 1. The molecule has 1 aromatic carbocycles. The number of rotatable bonds is 7. The van der Waals surface area contributed by atoms with Crippen molar-refractivity contribution < 1.29 is 18.3 Å². The lowest BCUT2D eigenvalue weighted by Crippen LogP contribution is -2.42. The highest BCUT2D eigenvalue weighted by molar-refractivity contribution is 7.88. The van der Waals surface area contributed by atoms with Gasteiger partial charge < -0.3 is 5.11 Å². The summed E-state index contributed by atoms with van der Waals surface area (Å²) in [5.74, 6) is -1.58. The molecule has 6 nitrogen and oxygen atoms in total. The number of carboxylic acids is 1. The molecule has 2 N–H and O–H groups in total. The van der Waals surface area contributed by atoms with Gasteiger partial charge in [0.2, 0.25) is 10.0 Å². The van der Waals surface area contributed by atoms with Gasteiger partial charge in [-0.05, 0) is 24.0 Å². The van der Waals surface area contributed by atoms with Crippen molar-refractivity contribution in [1.29, 1.82) is 5.26 Å². The third-order valence-electron chi connectivity index (χ3n) is 2.81. The minimum atomic E-state index is -3.84. The van der Waals surface area contributed by atoms with Crippen molar-refractivity contribution in [3.05, 3.63) is 35.4 Å². The third-order valence-corrected chi connectivity index (χ3v) is 4.15. The van der Waals surface area contributed by atoms with Crippen LogP contribution in [0.1, 0.15) is 31.4 Å². The minimum Gasteiger partial charge on any atom is -0.480 e. The Bertz CT molecular complexity index is 647. The summed E-state index contributed by atoms with van der Waals surface area (Å²) >= 11 is 0. The van der Waals surface area contributed by atoms with Crippen molar-refractivity contribution in [2.45, 2.75) is 32.1 Å². The molecule has 0 saturated carbocycles. The fourth-order valence-electron chi connectivity index (χ4n) is 1.89. The van der Waals surface area contributed by atoms with Crippen molar-refractivity contribution >= 4 is 16.0 Å². The van der Waals surface area contributed by atoms with Crippen molar-refractivity contribution in [3.8, 4) is 6.07 Å². The summed E-state index contributed by atoms with van der Waals surface area (Å²) in [6, 6.07) is 7.09. The Morgan fingerprint density at radius 3 is 2.52 bits per heavy atom. The summed E-state index contributed by atoms with van der Waals surface area (Å²) in [6.07, 6.45) is 0.203. The Hall–Kier alpha value is -1.91. The molecule has 0 fully saturated rings. The lowest BCUT2D eigenvalue weighted by atomic mass is 10.1. The van der Waals surface area contributed by atoms with Crippen LogP contribution in [0, 0.1) is 17.2 Å². The molecular formula is C14H18N2O4S. The molecule has 0 bridgehead atoms. The third kappa shape index (κ3) is 5.53. The van der Waals surface area contributed by atoms with Gasteiger partial charge in [-0.2, -0.15) is 5.26 Å². The number of carbonyl (C=O) groups is 1. The minimum absolute atomic E-state index is 0.0418. The first-order chi connectivity index (χ1) is 9.75. The first kappa shape index (κ1) is 17.1. The van der Waals surface area contributed by atoms with Crippen molar-refractivity contribution in [1.82, 2.24) is 4.72 Å². The van der Waals surface area contributed by atoms with E-state index in [1.165, 1.54) is 12.1 Å². The van der Waals surface area contributed by atoms with Gasteiger partial charge in [0.05, 0.1) is 17.4 Å². The maximum absolute atomic E-state index is 12.1. The van der Waals surface area contributed by atoms with E-state index in [1.54, 1.807) is 12.1 Å². The van der Waals surface area contributed by atoms with Crippen LogP contribution in [0.25, 0.3) is 0 Å². The maximum atomic E-state index is 12.1. The van der Waals surface area contributed by atoms with Crippen LogP contribution >= 0.6 is 0 Å². The Kier molecular flexibility index (Phi) is 5.88. The van der Waals surface area contributed by atoms with E-state index < -0.39 is 27.8 Å². The summed E-state index contributed by atoms with van der Waals surface area (Å²) in [4.78, 5) is 11.1. The number of hydrogen-bond acceptors (Lipinski definition) is 4. The Labute approximate surface area is 124 Å². The van der Waals surface area contributed by atoms with Crippen molar-refractivity contribution in [3.63, 3.8) is 0 Å². The molecule has 0 amide bonds. The highest BCUT2D eigenvalue weighted by Gasteiger charge is 2.25. The van der Waals surface area contributed by atoms with Crippen LogP contribution in [0.4, 0.5) is 0 Å². The van der Waals surface area contributed by atoms with Crippen LogP contribution in [0.15, 0.2) is 24.3 Å². The second-order valence-electron chi connectivity index (χ2n) is 5.17. The van der Waals surface area contributed by atoms with E-state index in [0.717, 1.165) is 0 Å². The van der Waals surface area contributed by atoms with Gasteiger partial charge in [-0.25, -0.2) is 13.1 Å². The average molecular weight is 310 g/mol.